The minimum atomic E-state index is -0.0679. The summed E-state index contributed by atoms with van der Waals surface area (Å²) >= 11 is 0. The zero-order valence-electron chi connectivity index (χ0n) is 13.2. The molecule has 1 aromatic rings. The van der Waals surface area contributed by atoms with Gasteiger partial charge in [-0.15, -0.1) is 0 Å². The van der Waals surface area contributed by atoms with E-state index in [0.717, 1.165) is 12.1 Å². The highest BCUT2D eigenvalue weighted by Crippen LogP contribution is 2.14. The zero-order valence-corrected chi connectivity index (χ0v) is 13.2. The maximum Gasteiger partial charge on any atom is 0.253 e. The first-order valence-corrected chi connectivity index (χ1v) is 7.93. The molecule has 1 saturated heterocycles. The number of nitrogens with one attached hydrogen (secondary N) is 1. The second kappa shape index (κ2) is 7.46. The summed E-state index contributed by atoms with van der Waals surface area (Å²) in [4.78, 5) is 14.7. The molecule has 3 N–H and O–H groups in total. The number of hydrogen-bond donors (Lipinski definition) is 2. The standard InChI is InChI=1S/C17H27N3O/c1-13-6-7-16(18)15(10-13)17(21)19-11-14(2)12-20-8-4-3-5-9-20/h6-7,10,14H,3-5,8-9,11-12,18H2,1-2H3,(H,19,21). The number of amides is 1. The van der Waals surface area contributed by atoms with Gasteiger partial charge in [0.25, 0.3) is 5.91 Å². The maximum atomic E-state index is 12.2. The molecule has 1 atom stereocenters. The van der Waals surface area contributed by atoms with E-state index in [9.17, 15) is 4.79 Å². The van der Waals surface area contributed by atoms with Crippen LogP contribution in [0.5, 0.6) is 0 Å². The Hall–Kier alpha value is -1.55. The Morgan fingerprint density at radius 3 is 2.76 bits per heavy atom. The summed E-state index contributed by atoms with van der Waals surface area (Å²) in [5.74, 6) is 0.389. The molecule has 0 spiro atoms. The molecule has 2 rings (SSSR count). The number of anilines is 1. The molecule has 1 heterocycles. The molecule has 116 valence electrons. The maximum absolute atomic E-state index is 12.2. The largest absolute Gasteiger partial charge is 0.398 e. The molecule has 1 amide bonds. The second-order valence-corrected chi connectivity index (χ2v) is 6.27. The fourth-order valence-electron chi connectivity index (χ4n) is 2.88. The molecule has 4 heteroatoms. The van der Waals surface area contributed by atoms with Crippen molar-refractivity contribution >= 4 is 11.6 Å². The number of carbonyl (C=O) groups excluding carboxylic acids is 1. The lowest BCUT2D eigenvalue weighted by atomic mass is 10.1. The number of carbonyl (C=O) groups is 1. The molecule has 1 fully saturated rings. The number of likely N-dealkylation sites (tertiary alicyclic amines) is 1. The molecule has 1 unspecified atom stereocenters. The predicted octanol–water partition coefficient (Wildman–Crippen LogP) is 2.43. The molecule has 21 heavy (non-hydrogen) atoms. The van der Waals surface area contributed by atoms with Gasteiger partial charge in [0.05, 0.1) is 5.56 Å². The van der Waals surface area contributed by atoms with E-state index >= 15 is 0 Å². The number of hydrogen-bond acceptors (Lipinski definition) is 3. The minimum absolute atomic E-state index is 0.0679. The van der Waals surface area contributed by atoms with Crippen molar-refractivity contribution in [1.82, 2.24) is 10.2 Å². The van der Waals surface area contributed by atoms with E-state index < -0.39 is 0 Å². The third-order valence-electron chi connectivity index (χ3n) is 4.08. The van der Waals surface area contributed by atoms with Crippen LogP contribution in [0.15, 0.2) is 18.2 Å². The first-order valence-electron chi connectivity index (χ1n) is 7.93. The lowest BCUT2D eigenvalue weighted by Crippen LogP contribution is -2.38. The highest BCUT2D eigenvalue weighted by molar-refractivity contribution is 5.99. The molecule has 0 radical (unpaired) electrons. The van der Waals surface area contributed by atoms with Crippen LogP contribution in [0.4, 0.5) is 5.69 Å². The number of aryl methyl sites for hydroxylation is 1. The molecular formula is C17H27N3O. The van der Waals surface area contributed by atoms with Crippen molar-refractivity contribution in [2.24, 2.45) is 5.92 Å². The Balaban J connectivity index is 1.81. The van der Waals surface area contributed by atoms with Crippen LogP contribution in [-0.2, 0) is 0 Å². The fourth-order valence-corrected chi connectivity index (χ4v) is 2.88. The van der Waals surface area contributed by atoms with E-state index in [1.807, 2.05) is 19.1 Å². The van der Waals surface area contributed by atoms with E-state index in [2.05, 4.69) is 17.1 Å². The summed E-state index contributed by atoms with van der Waals surface area (Å²) in [6.45, 7) is 8.31. The Kier molecular flexibility index (Phi) is 5.62. The summed E-state index contributed by atoms with van der Waals surface area (Å²) in [5.41, 5.74) is 8.06. The van der Waals surface area contributed by atoms with Gasteiger partial charge in [0.2, 0.25) is 0 Å². The Morgan fingerprint density at radius 1 is 1.33 bits per heavy atom. The summed E-state index contributed by atoms with van der Waals surface area (Å²) in [6.07, 6.45) is 3.96. The van der Waals surface area contributed by atoms with Gasteiger partial charge in [-0.25, -0.2) is 0 Å². The summed E-state index contributed by atoms with van der Waals surface area (Å²) in [5, 5.41) is 3.01. The highest BCUT2D eigenvalue weighted by atomic mass is 16.1. The van der Waals surface area contributed by atoms with E-state index in [1.165, 1.54) is 32.4 Å². The summed E-state index contributed by atoms with van der Waals surface area (Å²) < 4.78 is 0. The van der Waals surface area contributed by atoms with Gasteiger partial charge in [0.1, 0.15) is 0 Å². The van der Waals surface area contributed by atoms with Crippen molar-refractivity contribution < 1.29 is 4.79 Å². The van der Waals surface area contributed by atoms with Crippen LogP contribution in [-0.4, -0.2) is 37.0 Å². The van der Waals surface area contributed by atoms with Gasteiger partial charge in [-0.05, 0) is 50.9 Å². The van der Waals surface area contributed by atoms with Crippen molar-refractivity contribution in [1.29, 1.82) is 0 Å². The molecule has 0 aliphatic carbocycles. The lowest BCUT2D eigenvalue weighted by molar-refractivity contribution is 0.0943. The van der Waals surface area contributed by atoms with Crippen LogP contribution in [0.1, 0.15) is 42.1 Å². The zero-order chi connectivity index (χ0) is 15.2. The van der Waals surface area contributed by atoms with Crippen molar-refractivity contribution in [3.8, 4) is 0 Å². The third-order valence-corrected chi connectivity index (χ3v) is 4.08. The summed E-state index contributed by atoms with van der Waals surface area (Å²) in [7, 11) is 0. The van der Waals surface area contributed by atoms with Crippen LogP contribution in [0, 0.1) is 12.8 Å². The molecule has 1 aliphatic heterocycles. The lowest BCUT2D eigenvalue weighted by Gasteiger charge is -2.29. The SMILES string of the molecule is Cc1ccc(N)c(C(=O)NCC(C)CN2CCCCC2)c1. The monoisotopic (exact) mass is 289 g/mol. The number of piperidine rings is 1. The van der Waals surface area contributed by atoms with Crippen LogP contribution < -0.4 is 11.1 Å². The van der Waals surface area contributed by atoms with Gasteiger partial charge in [0, 0.05) is 18.8 Å². The Labute approximate surface area is 127 Å². The highest BCUT2D eigenvalue weighted by Gasteiger charge is 2.15. The number of nitrogen functional groups attached to an aromatic ring is 1. The van der Waals surface area contributed by atoms with E-state index in [1.54, 1.807) is 6.07 Å². The van der Waals surface area contributed by atoms with Gasteiger partial charge >= 0.3 is 0 Å². The number of rotatable bonds is 5. The van der Waals surface area contributed by atoms with Crippen LogP contribution >= 0.6 is 0 Å². The van der Waals surface area contributed by atoms with Gasteiger partial charge in [-0.2, -0.15) is 0 Å². The molecule has 1 aromatic carbocycles. The van der Waals surface area contributed by atoms with E-state index in [-0.39, 0.29) is 5.91 Å². The average molecular weight is 289 g/mol. The first-order chi connectivity index (χ1) is 10.1. The number of nitrogens with zero attached hydrogens (tertiary/aromatic N) is 1. The van der Waals surface area contributed by atoms with Gasteiger partial charge in [-0.3, -0.25) is 4.79 Å². The molecule has 0 saturated carbocycles. The van der Waals surface area contributed by atoms with Crippen LogP contribution in [0.3, 0.4) is 0 Å². The van der Waals surface area contributed by atoms with Crippen LogP contribution in [0.25, 0.3) is 0 Å². The van der Waals surface area contributed by atoms with Gasteiger partial charge < -0.3 is 16.0 Å². The van der Waals surface area contributed by atoms with Gasteiger partial charge in [0.15, 0.2) is 0 Å². The first kappa shape index (κ1) is 15.8. The predicted molar refractivity (Wildman–Crippen MR) is 87.4 cm³/mol. The molecule has 1 aliphatic rings. The number of benzene rings is 1. The average Bonchev–Trinajstić information content (AvgIpc) is 2.48. The van der Waals surface area contributed by atoms with Crippen molar-refractivity contribution in [2.75, 3.05) is 31.9 Å². The second-order valence-electron chi connectivity index (χ2n) is 6.27. The Morgan fingerprint density at radius 2 is 2.05 bits per heavy atom. The van der Waals surface area contributed by atoms with Crippen molar-refractivity contribution in [3.05, 3.63) is 29.3 Å². The Bertz CT molecular complexity index is 481. The van der Waals surface area contributed by atoms with E-state index in [4.69, 9.17) is 5.73 Å². The molecule has 0 bridgehead atoms. The third kappa shape index (κ3) is 4.74. The smallest absolute Gasteiger partial charge is 0.253 e. The van der Waals surface area contributed by atoms with Gasteiger partial charge in [-0.1, -0.05) is 25.0 Å². The quantitative estimate of drug-likeness (QED) is 0.819. The minimum Gasteiger partial charge on any atom is -0.398 e. The molecule has 0 aromatic heterocycles. The fraction of sp³-hybridized carbons (Fsp3) is 0.588. The topological polar surface area (TPSA) is 58.4 Å². The van der Waals surface area contributed by atoms with E-state index in [0.29, 0.717) is 23.7 Å². The summed E-state index contributed by atoms with van der Waals surface area (Å²) in [6, 6.07) is 5.56. The van der Waals surface area contributed by atoms with Crippen molar-refractivity contribution in [2.45, 2.75) is 33.1 Å². The van der Waals surface area contributed by atoms with Crippen LogP contribution in [0.2, 0.25) is 0 Å². The molecular weight excluding hydrogens is 262 g/mol. The normalized spacial score (nSPS) is 17.4. The molecule has 4 nitrogen and oxygen atoms in total. The number of nitrogens with two attached hydrogens (primary N) is 1. The van der Waals surface area contributed by atoms with Crippen molar-refractivity contribution in [3.63, 3.8) is 0 Å².